The summed E-state index contributed by atoms with van der Waals surface area (Å²) >= 11 is 0. The topological polar surface area (TPSA) is 117 Å². The van der Waals surface area contributed by atoms with Gasteiger partial charge in [0.1, 0.15) is 23.2 Å². The van der Waals surface area contributed by atoms with Crippen LogP contribution in [0.1, 0.15) is 37.3 Å². The Balaban J connectivity index is 1.07. The van der Waals surface area contributed by atoms with Gasteiger partial charge < -0.3 is 20.1 Å². The van der Waals surface area contributed by atoms with Gasteiger partial charge in [-0.2, -0.15) is 0 Å². The van der Waals surface area contributed by atoms with Crippen LogP contribution in [-0.2, 0) is 11.3 Å². The molecule has 4 aromatic rings. The fourth-order valence-corrected chi connectivity index (χ4v) is 7.72. The van der Waals surface area contributed by atoms with Gasteiger partial charge in [0, 0.05) is 56.6 Å². The molecule has 51 heavy (non-hydrogen) atoms. The minimum absolute atomic E-state index is 0.00621. The van der Waals surface area contributed by atoms with Crippen molar-refractivity contribution < 1.29 is 18.6 Å². The van der Waals surface area contributed by atoms with E-state index in [9.17, 15) is 23.5 Å². The number of benzene rings is 2. The van der Waals surface area contributed by atoms with E-state index in [1.807, 2.05) is 29.2 Å². The first-order valence-electron chi connectivity index (χ1n) is 17.5. The molecule has 264 valence electrons. The number of halogens is 2. The van der Waals surface area contributed by atoms with Crippen molar-refractivity contribution in [2.75, 3.05) is 39.4 Å². The molecule has 0 amide bonds. The molecular weight excluding hydrogens is 656 g/mol. The first kappa shape index (κ1) is 33.2. The van der Waals surface area contributed by atoms with E-state index in [2.05, 4.69) is 20.2 Å². The lowest BCUT2D eigenvalue weighted by Crippen LogP contribution is -2.45. The molecule has 0 bridgehead atoms. The van der Waals surface area contributed by atoms with Gasteiger partial charge in [-0.15, -0.1) is 0 Å². The number of nitrogens with zero attached hydrogens (tertiary/aromatic N) is 6. The summed E-state index contributed by atoms with van der Waals surface area (Å²) in [5.74, 6) is -0.0171. The quantitative estimate of drug-likeness (QED) is 0.278. The van der Waals surface area contributed by atoms with E-state index in [0.717, 1.165) is 60.7 Å². The van der Waals surface area contributed by atoms with Crippen LogP contribution in [0.3, 0.4) is 0 Å². The van der Waals surface area contributed by atoms with Gasteiger partial charge in [0.15, 0.2) is 5.65 Å². The van der Waals surface area contributed by atoms with Crippen molar-refractivity contribution in [1.82, 2.24) is 29.2 Å². The number of aromatic nitrogens is 3. The number of morpholine rings is 1. The largest absolute Gasteiger partial charge is 0.508 e. The Hall–Kier alpha value is -4.98. The number of pyridine rings is 1. The number of hydrogen-bond donors (Lipinski definition) is 2. The number of phenols is 1. The predicted octanol–water partition coefficient (Wildman–Crippen LogP) is 4.43. The molecule has 5 heterocycles. The van der Waals surface area contributed by atoms with Crippen LogP contribution in [0.2, 0.25) is 0 Å². The number of aromatic hydroxyl groups is 1. The summed E-state index contributed by atoms with van der Waals surface area (Å²) in [7, 11) is 0. The van der Waals surface area contributed by atoms with Crippen molar-refractivity contribution in [1.29, 1.82) is 0 Å². The molecule has 4 aliphatic rings. The van der Waals surface area contributed by atoms with Crippen LogP contribution in [0.25, 0.3) is 27.8 Å². The molecule has 1 saturated heterocycles. The van der Waals surface area contributed by atoms with Gasteiger partial charge in [-0.05, 0) is 73.2 Å². The van der Waals surface area contributed by atoms with Crippen LogP contribution in [0.5, 0.6) is 5.75 Å². The highest BCUT2D eigenvalue weighted by Gasteiger charge is 2.29. The maximum Gasteiger partial charge on any atom is 0.337 e. The highest BCUT2D eigenvalue weighted by Crippen LogP contribution is 2.33. The number of amidine groups is 1. The fourth-order valence-electron chi connectivity index (χ4n) is 7.72. The maximum absolute atomic E-state index is 14.6. The zero-order chi connectivity index (χ0) is 35.1. The molecule has 2 fully saturated rings. The number of nitrogens with one attached hydrogen (secondary N) is 1. The Morgan fingerprint density at radius 2 is 1.78 bits per heavy atom. The summed E-state index contributed by atoms with van der Waals surface area (Å²) in [6.07, 6.45) is 8.20. The van der Waals surface area contributed by atoms with Gasteiger partial charge in [0.05, 0.1) is 36.5 Å². The molecule has 1 aliphatic carbocycles. The third-order valence-electron chi connectivity index (χ3n) is 10.3. The fraction of sp³-hybridized carbons (Fsp3) is 0.368. The molecular formula is C38H39F2N7O4. The lowest BCUT2D eigenvalue weighted by molar-refractivity contribution is 0.0339. The molecule has 2 aromatic carbocycles. The minimum atomic E-state index is -0.661. The molecule has 1 unspecified atom stereocenters. The third-order valence-corrected chi connectivity index (χ3v) is 10.3. The standard InChI is InChI=1S/C38H39F2N7O4/c39-25-7-12-35-43-28(22-45(35)21-25)20-41-27-8-10-29(11-9-27)47-37(49)32-18-26(40)19-42-36(32)46(38(47)50)30-4-1-3-24(17-30)31-5-2-6-34(48)33(31)23-44-13-15-51-16-14-44/h1-7,12,17-19,21,27-29,41,48H,8-11,13-16,20,22-23H2/t27-,28?,29+. The Morgan fingerprint density at radius 3 is 2.61 bits per heavy atom. The first-order chi connectivity index (χ1) is 24.8. The molecule has 0 spiro atoms. The number of ether oxygens (including phenoxy) is 1. The molecule has 2 N–H and O–H groups in total. The smallest absolute Gasteiger partial charge is 0.337 e. The van der Waals surface area contributed by atoms with E-state index in [-0.39, 0.29) is 40.7 Å². The van der Waals surface area contributed by atoms with Gasteiger partial charge in [-0.1, -0.05) is 24.3 Å². The van der Waals surface area contributed by atoms with Crippen LogP contribution in [-0.4, -0.2) is 86.3 Å². The molecule has 8 rings (SSSR count). The van der Waals surface area contributed by atoms with E-state index in [1.54, 1.807) is 24.3 Å². The SMILES string of the molecule is O=c1c2cc(F)cnc2n(-c2cccc(-c3cccc(O)c3CN3CCOCC3)c2)c(=O)n1[C@H]1CC[C@@H](NCC2CN3C=C(F)C=CC3=N2)CC1. The Morgan fingerprint density at radius 1 is 0.980 bits per heavy atom. The highest BCUT2D eigenvalue weighted by atomic mass is 19.1. The lowest BCUT2D eigenvalue weighted by atomic mass is 9.90. The molecule has 1 saturated carbocycles. The molecule has 3 aliphatic heterocycles. The van der Waals surface area contributed by atoms with Crippen LogP contribution in [0.4, 0.5) is 8.78 Å². The Bertz CT molecular complexity index is 2180. The van der Waals surface area contributed by atoms with E-state index in [0.29, 0.717) is 51.4 Å². The summed E-state index contributed by atoms with van der Waals surface area (Å²) in [4.78, 5) is 41.3. The summed E-state index contributed by atoms with van der Waals surface area (Å²) in [5, 5.41) is 14.5. The van der Waals surface area contributed by atoms with Gasteiger partial charge in [0.2, 0.25) is 0 Å². The van der Waals surface area contributed by atoms with E-state index < -0.39 is 17.1 Å². The molecule has 1 atom stereocenters. The molecule has 13 heteroatoms. The minimum Gasteiger partial charge on any atom is -0.508 e. The second-order valence-electron chi connectivity index (χ2n) is 13.6. The Labute approximate surface area is 292 Å². The number of rotatable bonds is 8. The van der Waals surface area contributed by atoms with Crippen molar-refractivity contribution in [3.63, 3.8) is 0 Å². The molecule has 0 radical (unpaired) electrons. The van der Waals surface area contributed by atoms with Crippen molar-refractivity contribution in [2.45, 2.75) is 50.4 Å². The molecule has 11 nitrogen and oxygen atoms in total. The maximum atomic E-state index is 14.6. The van der Waals surface area contributed by atoms with Crippen molar-refractivity contribution in [3.05, 3.63) is 111 Å². The summed E-state index contributed by atoms with van der Waals surface area (Å²) in [6, 6.07) is 13.7. The number of aliphatic imine (C=N–C) groups is 1. The normalized spacial score (nSPS) is 22.2. The molecule has 2 aromatic heterocycles. The second kappa shape index (κ2) is 14.0. The highest BCUT2D eigenvalue weighted by molar-refractivity contribution is 5.96. The van der Waals surface area contributed by atoms with Crippen molar-refractivity contribution in [2.24, 2.45) is 4.99 Å². The monoisotopic (exact) mass is 695 g/mol. The summed E-state index contributed by atoms with van der Waals surface area (Å²) in [6.45, 7) is 4.54. The van der Waals surface area contributed by atoms with Crippen LogP contribution in [0, 0.1) is 5.82 Å². The number of fused-ring (bicyclic) bond motifs is 2. The first-order valence-corrected chi connectivity index (χ1v) is 17.5. The zero-order valence-corrected chi connectivity index (χ0v) is 28.0. The Kier molecular flexibility index (Phi) is 9.09. The van der Waals surface area contributed by atoms with Gasteiger partial charge in [-0.25, -0.2) is 23.1 Å². The zero-order valence-electron chi connectivity index (χ0n) is 28.0. The number of hydrogen-bond acceptors (Lipinski definition) is 9. The van der Waals surface area contributed by atoms with Crippen LogP contribution < -0.4 is 16.6 Å². The van der Waals surface area contributed by atoms with E-state index in [4.69, 9.17) is 4.74 Å². The van der Waals surface area contributed by atoms with Gasteiger partial charge in [-0.3, -0.25) is 19.3 Å². The lowest BCUT2D eigenvalue weighted by Gasteiger charge is -2.31. The average Bonchev–Trinajstić information content (AvgIpc) is 3.55. The second-order valence-corrected chi connectivity index (χ2v) is 13.6. The number of allylic oxidation sites excluding steroid dienone is 2. The van der Waals surface area contributed by atoms with Crippen molar-refractivity contribution >= 4 is 16.9 Å². The van der Waals surface area contributed by atoms with Gasteiger partial charge in [0.25, 0.3) is 5.56 Å². The number of phenolic OH excluding ortho intramolecular Hbond substituents is 1. The third kappa shape index (κ3) is 6.64. The van der Waals surface area contributed by atoms with Crippen LogP contribution >= 0.6 is 0 Å². The van der Waals surface area contributed by atoms with E-state index >= 15 is 0 Å². The average molecular weight is 696 g/mol. The van der Waals surface area contributed by atoms with Gasteiger partial charge >= 0.3 is 5.69 Å². The van der Waals surface area contributed by atoms with E-state index in [1.165, 1.54) is 21.4 Å². The predicted molar refractivity (Wildman–Crippen MR) is 190 cm³/mol. The summed E-state index contributed by atoms with van der Waals surface area (Å²) < 4.78 is 36.4. The van der Waals surface area contributed by atoms with Crippen LogP contribution in [0.15, 0.2) is 93.5 Å². The summed E-state index contributed by atoms with van der Waals surface area (Å²) in [5.41, 5.74) is 1.83. The van der Waals surface area contributed by atoms with Crippen molar-refractivity contribution in [3.8, 4) is 22.6 Å².